The summed E-state index contributed by atoms with van der Waals surface area (Å²) in [5.41, 5.74) is 2.86. The number of hydrogen-bond acceptors (Lipinski definition) is 5. The summed E-state index contributed by atoms with van der Waals surface area (Å²) in [4.78, 5) is 9.82. The van der Waals surface area contributed by atoms with Crippen LogP contribution in [0.15, 0.2) is 11.6 Å². The molecule has 0 fully saturated rings. The molecule has 4 nitrogen and oxygen atoms in total. The van der Waals surface area contributed by atoms with Crippen LogP contribution in [0.1, 0.15) is 23.9 Å². The Bertz CT molecular complexity index is 586. The molecule has 0 radical (unpaired) electrons. The standard InChI is InChI=1S/C13H16Cl2N4S/c1-3-4-16-12-9(14)5-10(15)13(19-12)17-6-11-8(2)18-7-20-11/h5,7H,3-4,6H2,1-2H3,(H2,16,17,19). The molecule has 0 aliphatic heterocycles. The van der Waals surface area contributed by atoms with Gasteiger partial charge in [0.25, 0.3) is 0 Å². The van der Waals surface area contributed by atoms with Crippen LogP contribution in [-0.2, 0) is 6.54 Å². The second-order valence-corrected chi connectivity index (χ2v) is 6.04. The number of thiazole rings is 1. The van der Waals surface area contributed by atoms with Crippen LogP contribution in [0.3, 0.4) is 0 Å². The highest BCUT2D eigenvalue weighted by molar-refractivity contribution is 7.09. The Morgan fingerprint density at radius 1 is 1.20 bits per heavy atom. The van der Waals surface area contributed by atoms with Gasteiger partial charge in [-0.2, -0.15) is 0 Å². The second kappa shape index (κ2) is 7.11. The van der Waals surface area contributed by atoms with E-state index in [1.807, 2.05) is 12.4 Å². The maximum atomic E-state index is 6.17. The number of hydrogen-bond donors (Lipinski definition) is 2. The molecule has 108 valence electrons. The number of anilines is 2. The van der Waals surface area contributed by atoms with Crippen LogP contribution in [0.25, 0.3) is 0 Å². The zero-order valence-corrected chi connectivity index (χ0v) is 13.7. The van der Waals surface area contributed by atoms with Crippen molar-refractivity contribution in [2.24, 2.45) is 0 Å². The quantitative estimate of drug-likeness (QED) is 0.813. The molecular formula is C13H16Cl2N4S. The maximum absolute atomic E-state index is 6.17. The molecule has 0 atom stereocenters. The zero-order valence-electron chi connectivity index (χ0n) is 11.3. The fraction of sp³-hybridized carbons (Fsp3) is 0.385. The maximum Gasteiger partial charge on any atom is 0.147 e. The zero-order chi connectivity index (χ0) is 14.5. The van der Waals surface area contributed by atoms with E-state index in [2.05, 4.69) is 27.5 Å². The molecule has 0 spiro atoms. The fourth-order valence-electron chi connectivity index (χ4n) is 1.62. The first-order valence-corrected chi connectivity index (χ1v) is 7.98. The van der Waals surface area contributed by atoms with Crippen molar-refractivity contribution in [3.05, 3.63) is 32.2 Å². The van der Waals surface area contributed by atoms with Gasteiger partial charge in [0.2, 0.25) is 0 Å². The smallest absolute Gasteiger partial charge is 0.147 e. The molecule has 0 amide bonds. The third kappa shape index (κ3) is 3.75. The first-order chi connectivity index (χ1) is 9.61. The summed E-state index contributed by atoms with van der Waals surface area (Å²) in [7, 11) is 0. The minimum absolute atomic E-state index is 0.513. The predicted molar refractivity (Wildman–Crippen MR) is 87.2 cm³/mol. The first-order valence-electron chi connectivity index (χ1n) is 6.34. The Hall–Kier alpha value is -1.04. The Kier molecular flexibility index (Phi) is 5.46. The van der Waals surface area contributed by atoms with Crippen LogP contribution >= 0.6 is 34.5 Å². The van der Waals surface area contributed by atoms with Crippen molar-refractivity contribution in [2.45, 2.75) is 26.8 Å². The number of aromatic nitrogens is 2. The van der Waals surface area contributed by atoms with Gasteiger partial charge < -0.3 is 10.6 Å². The molecule has 0 aliphatic rings. The van der Waals surface area contributed by atoms with Gasteiger partial charge >= 0.3 is 0 Å². The average molecular weight is 331 g/mol. The summed E-state index contributed by atoms with van der Waals surface area (Å²) in [5.74, 6) is 1.28. The van der Waals surface area contributed by atoms with Crippen LogP contribution in [-0.4, -0.2) is 16.5 Å². The van der Waals surface area contributed by atoms with Crippen LogP contribution in [0.2, 0.25) is 10.0 Å². The molecule has 0 aliphatic carbocycles. The van der Waals surface area contributed by atoms with Gasteiger partial charge in [0.15, 0.2) is 0 Å². The van der Waals surface area contributed by atoms with Crippen molar-refractivity contribution >= 4 is 46.2 Å². The van der Waals surface area contributed by atoms with Crippen molar-refractivity contribution in [1.82, 2.24) is 9.97 Å². The topological polar surface area (TPSA) is 49.8 Å². The van der Waals surface area contributed by atoms with Gasteiger partial charge in [0.1, 0.15) is 11.6 Å². The van der Waals surface area contributed by atoms with E-state index >= 15 is 0 Å². The molecule has 0 saturated carbocycles. The molecule has 7 heteroatoms. The minimum Gasteiger partial charge on any atom is -0.369 e. The largest absolute Gasteiger partial charge is 0.369 e. The first kappa shape index (κ1) is 15.4. The lowest BCUT2D eigenvalue weighted by Crippen LogP contribution is -2.07. The Morgan fingerprint density at radius 3 is 2.50 bits per heavy atom. The average Bonchev–Trinajstić information content (AvgIpc) is 2.82. The Labute approximate surface area is 132 Å². The molecule has 0 aromatic carbocycles. The third-order valence-electron chi connectivity index (χ3n) is 2.73. The van der Waals surface area contributed by atoms with Crippen molar-refractivity contribution < 1.29 is 0 Å². The summed E-state index contributed by atoms with van der Waals surface area (Å²) < 4.78 is 0. The van der Waals surface area contributed by atoms with E-state index in [-0.39, 0.29) is 0 Å². The predicted octanol–water partition coefficient (Wildman–Crippen LogP) is 4.59. The summed E-state index contributed by atoms with van der Waals surface area (Å²) in [6, 6.07) is 1.70. The number of nitrogens with one attached hydrogen (secondary N) is 2. The van der Waals surface area contributed by atoms with Crippen molar-refractivity contribution in [1.29, 1.82) is 0 Å². The molecule has 20 heavy (non-hydrogen) atoms. The third-order valence-corrected chi connectivity index (χ3v) is 4.24. The molecule has 0 bridgehead atoms. The lowest BCUT2D eigenvalue weighted by molar-refractivity contribution is 0.968. The number of halogens is 2. The van der Waals surface area contributed by atoms with Crippen LogP contribution in [0.5, 0.6) is 0 Å². The highest BCUT2D eigenvalue weighted by Gasteiger charge is 2.10. The summed E-state index contributed by atoms with van der Waals surface area (Å²) in [6.45, 7) is 5.54. The molecule has 2 aromatic heterocycles. The molecule has 2 rings (SSSR count). The van der Waals surface area contributed by atoms with E-state index in [1.54, 1.807) is 17.4 Å². The highest BCUT2D eigenvalue weighted by atomic mass is 35.5. The van der Waals surface area contributed by atoms with Crippen molar-refractivity contribution in [2.75, 3.05) is 17.2 Å². The van der Waals surface area contributed by atoms with Gasteiger partial charge in [-0.05, 0) is 19.4 Å². The van der Waals surface area contributed by atoms with Gasteiger partial charge in [0, 0.05) is 11.4 Å². The van der Waals surface area contributed by atoms with Crippen LogP contribution in [0, 0.1) is 6.92 Å². The SMILES string of the molecule is CCCNc1nc(NCc2scnc2C)c(Cl)cc1Cl. The van der Waals surface area contributed by atoms with Gasteiger partial charge in [-0.3, -0.25) is 0 Å². The normalized spacial score (nSPS) is 10.6. The summed E-state index contributed by atoms with van der Waals surface area (Å²) in [5, 5.41) is 7.46. The molecule has 2 N–H and O–H groups in total. The van der Waals surface area contributed by atoms with Crippen LogP contribution in [0.4, 0.5) is 11.6 Å². The molecule has 0 saturated heterocycles. The van der Waals surface area contributed by atoms with Gasteiger partial charge in [-0.15, -0.1) is 11.3 Å². The molecular weight excluding hydrogens is 315 g/mol. The van der Waals surface area contributed by atoms with Gasteiger partial charge in [0.05, 0.1) is 27.8 Å². The van der Waals surface area contributed by atoms with Crippen molar-refractivity contribution in [3.63, 3.8) is 0 Å². The summed E-state index contributed by atoms with van der Waals surface area (Å²) in [6.07, 6.45) is 1.00. The number of nitrogens with zero attached hydrogens (tertiary/aromatic N) is 2. The van der Waals surface area contributed by atoms with E-state index < -0.39 is 0 Å². The van der Waals surface area contributed by atoms with E-state index in [4.69, 9.17) is 23.2 Å². The number of aryl methyl sites for hydroxylation is 1. The molecule has 2 aromatic rings. The molecule has 2 heterocycles. The van der Waals surface area contributed by atoms with E-state index in [0.717, 1.165) is 18.7 Å². The van der Waals surface area contributed by atoms with E-state index in [9.17, 15) is 0 Å². The van der Waals surface area contributed by atoms with E-state index in [1.165, 1.54) is 4.88 Å². The monoisotopic (exact) mass is 330 g/mol. The molecule has 0 unspecified atom stereocenters. The highest BCUT2D eigenvalue weighted by Crippen LogP contribution is 2.29. The second-order valence-electron chi connectivity index (χ2n) is 4.29. The van der Waals surface area contributed by atoms with Gasteiger partial charge in [-0.1, -0.05) is 30.1 Å². The van der Waals surface area contributed by atoms with Gasteiger partial charge in [-0.25, -0.2) is 9.97 Å². The van der Waals surface area contributed by atoms with Crippen molar-refractivity contribution in [3.8, 4) is 0 Å². The summed E-state index contributed by atoms with van der Waals surface area (Å²) >= 11 is 13.9. The Balaban J connectivity index is 2.12. The Morgan fingerprint density at radius 2 is 1.90 bits per heavy atom. The van der Waals surface area contributed by atoms with Crippen LogP contribution < -0.4 is 10.6 Å². The number of rotatable bonds is 6. The fourth-order valence-corrected chi connectivity index (χ4v) is 2.83. The number of pyridine rings is 1. The lowest BCUT2D eigenvalue weighted by atomic mass is 10.3. The minimum atomic E-state index is 0.513. The lowest BCUT2D eigenvalue weighted by Gasteiger charge is -2.11. The van der Waals surface area contributed by atoms with E-state index in [0.29, 0.717) is 28.2 Å².